The highest BCUT2D eigenvalue weighted by atomic mass is 32.1. The van der Waals surface area contributed by atoms with Crippen molar-refractivity contribution >= 4 is 70.5 Å². The van der Waals surface area contributed by atoms with Crippen molar-refractivity contribution in [3.63, 3.8) is 0 Å². The van der Waals surface area contributed by atoms with Crippen molar-refractivity contribution in [3.05, 3.63) is 162 Å². The quantitative estimate of drug-likeness (QED) is 0.183. The lowest BCUT2D eigenvalue weighted by molar-refractivity contribution is 0.591. The fraction of sp³-hybridized carbons (Fsp3) is 0.143. The summed E-state index contributed by atoms with van der Waals surface area (Å²) < 4.78 is 9.15. The van der Waals surface area contributed by atoms with Crippen molar-refractivity contribution in [2.75, 3.05) is 4.90 Å². The second-order valence-electron chi connectivity index (χ2n) is 15.8. The lowest BCUT2D eigenvalue weighted by Gasteiger charge is -2.27. The molecule has 0 spiro atoms. The summed E-state index contributed by atoms with van der Waals surface area (Å²) in [7, 11) is 0. The number of fused-ring (bicyclic) bond motifs is 10. The third-order valence-corrected chi connectivity index (χ3v) is 12.4. The van der Waals surface area contributed by atoms with Gasteiger partial charge >= 0.3 is 0 Å². The first-order chi connectivity index (χ1) is 25.1. The molecule has 2 heterocycles. The van der Waals surface area contributed by atoms with Crippen LogP contribution in [0.3, 0.4) is 0 Å². The van der Waals surface area contributed by atoms with Gasteiger partial charge in [-0.05, 0) is 93.4 Å². The Hall–Kier alpha value is -5.64. The van der Waals surface area contributed by atoms with Crippen LogP contribution in [0, 0.1) is 0 Å². The Morgan fingerprint density at radius 2 is 1.19 bits per heavy atom. The van der Waals surface area contributed by atoms with E-state index in [1.54, 1.807) is 0 Å². The molecule has 1 aliphatic rings. The van der Waals surface area contributed by atoms with E-state index in [1.165, 1.54) is 59.1 Å². The molecular weight excluding hydrogens is 651 g/mol. The second kappa shape index (κ2) is 11.2. The lowest BCUT2D eigenvalue weighted by atomic mass is 9.82. The molecule has 9 aromatic rings. The van der Waals surface area contributed by atoms with Crippen LogP contribution in [-0.2, 0) is 10.8 Å². The predicted molar refractivity (Wildman–Crippen MR) is 223 cm³/mol. The first-order valence-corrected chi connectivity index (χ1v) is 19.0. The van der Waals surface area contributed by atoms with Gasteiger partial charge in [0.25, 0.3) is 0 Å². The molecule has 0 saturated heterocycles. The minimum Gasteiger partial charge on any atom is -0.456 e. The summed E-state index contributed by atoms with van der Waals surface area (Å²) in [5, 5.41) is 4.98. The largest absolute Gasteiger partial charge is 0.456 e. The number of rotatable bonds is 4. The smallest absolute Gasteiger partial charge is 0.137 e. The molecule has 7 aromatic carbocycles. The van der Waals surface area contributed by atoms with Crippen molar-refractivity contribution in [1.82, 2.24) is 0 Å². The number of benzene rings is 7. The third kappa shape index (κ3) is 4.69. The van der Waals surface area contributed by atoms with Gasteiger partial charge in [-0.3, -0.25) is 0 Å². The number of anilines is 3. The standard InChI is InChI=1S/C49H39NOS/c1-48(2,3)32-17-26-45-39(27-32)38-23-25-42-46(47(38)52-45)40-28-34(21-24-41(40)49(42,4)5)50(33-18-15-31(16-19-33)30-11-7-6-8-12-30)35-20-22-37-36-13-9-10-14-43(36)51-44(37)29-35/h6-29H,1-5H3. The Balaban J connectivity index is 1.18. The van der Waals surface area contributed by atoms with Gasteiger partial charge in [0.05, 0.1) is 0 Å². The van der Waals surface area contributed by atoms with Crippen LogP contribution in [0.5, 0.6) is 0 Å². The van der Waals surface area contributed by atoms with Crippen molar-refractivity contribution in [3.8, 4) is 22.3 Å². The number of thiophene rings is 1. The maximum Gasteiger partial charge on any atom is 0.137 e. The van der Waals surface area contributed by atoms with E-state index in [1.807, 2.05) is 23.5 Å². The van der Waals surface area contributed by atoms with Crippen molar-refractivity contribution in [1.29, 1.82) is 0 Å². The Kier molecular flexibility index (Phi) is 6.69. The van der Waals surface area contributed by atoms with E-state index in [2.05, 4.69) is 173 Å². The first-order valence-electron chi connectivity index (χ1n) is 18.2. The van der Waals surface area contributed by atoms with Gasteiger partial charge in [-0.1, -0.05) is 120 Å². The molecule has 2 aromatic heterocycles. The van der Waals surface area contributed by atoms with Gasteiger partial charge in [-0.15, -0.1) is 11.3 Å². The number of hydrogen-bond acceptors (Lipinski definition) is 3. The van der Waals surface area contributed by atoms with Crippen LogP contribution in [-0.4, -0.2) is 0 Å². The van der Waals surface area contributed by atoms with Gasteiger partial charge in [0, 0.05) is 65.1 Å². The Bertz CT molecular complexity index is 2850. The van der Waals surface area contributed by atoms with E-state index >= 15 is 0 Å². The van der Waals surface area contributed by atoms with Gasteiger partial charge in [0.2, 0.25) is 0 Å². The molecule has 0 unspecified atom stereocenters. The van der Waals surface area contributed by atoms with Crippen LogP contribution in [0.1, 0.15) is 51.3 Å². The summed E-state index contributed by atoms with van der Waals surface area (Å²) in [4.78, 5) is 2.38. The van der Waals surface area contributed by atoms with Gasteiger partial charge < -0.3 is 9.32 Å². The molecule has 0 amide bonds. The maximum atomic E-state index is 6.42. The third-order valence-electron chi connectivity index (χ3n) is 11.2. The lowest BCUT2D eigenvalue weighted by Crippen LogP contribution is -2.15. The summed E-state index contributed by atoms with van der Waals surface area (Å²) in [6.45, 7) is 11.7. The van der Waals surface area contributed by atoms with E-state index in [4.69, 9.17) is 4.42 Å². The Morgan fingerprint density at radius 3 is 2.00 bits per heavy atom. The van der Waals surface area contributed by atoms with Crippen LogP contribution >= 0.6 is 11.3 Å². The Morgan fingerprint density at radius 1 is 0.538 bits per heavy atom. The van der Waals surface area contributed by atoms with Gasteiger partial charge in [0.1, 0.15) is 11.2 Å². The zero-order chi connectivity index (χ0) is 35.4. The average molecular weight is 690 g/mol. The van der Waals surface area contributed by atoms with Gasteiger partial charge in [0.15, 0.2) is 0 Å². The first kappa shape index (κ1) is 31.1. The summed E-state index contributed by atoms with van der Waals surface area (Å²) >= 11 is 1.93. The van der Waals surface area contributed by atoms with Crippen LogP contribution in [0.4, 0.5) is 17.1 Å². The van der Waals surface area contributed by atoms with Crippen molar-refractivity contribution in [2.24, 2.45) is 0 Å². The highest BCUT2D eigenvalue weighted by Gasteiger charge is 2.37. The molecule has 52 heavy (non-hydrogen) atoms. The van der Waals surface area contributed by atoms with Crippen molar-refractivity contribution < 1.29 is 4.42 Å². The average Bonchev–Trinajstić information content (AvgIpc) is 3.79. The molecule has 252 valence electrons. The minimum atomic E-state index is -0.112. The highest BCUT2D eigenvalue weighted by Crippen LogP contribution is 2.55. The molecule has 0 bridgehead atoms. The number of nitrogens with zero attached hydrogens (tertiary/aromatic N) is 1. The SMILES string of the molecule is CC(C)(C)c1ccc2sc3c4c(ccc3c2c1)C(C)(C)c1ccc(N(c2ccc(-c3ccccc3)cc2)c2ccc3c(c2)oc2ccccc23)cc1-4. The topological polar surface area (TPSA) is 16.4 Å². The van der Waals surface area contributed by atoms with E-state index in [-0.39, 0.29) is 10.8 Å². The molecule has 0 radical (unpaired) electrons. The molecule has 0 saturated carbocycles. The summed E-state index contributed by atoms with van der Waals surface area (Å²) in [5.74, 6) is 0. The summed E-state index contributed by atoms with van der Waals surface area (Å²) in [6, 6.07) is 53.4. The van der Waals surface area contributed by atoms with Crippen LogP contribution in [0.15, 0.2) is 150 Å². The molecular formula is C49H39NOS. The molecule has 1 aliphatic carbocycles. The van der Waals surface area contributed by atoms with Crippen LogP contribution in [0.2, 0.25) is 0 Å². The monoisotopic (exact) mass is 689 g/mol. The molecule has 0 aliphatic heterocycles. The van der Waals surface area contributed by atoms with E-state index in [9.17, 15) is 0 Å². The van der Waals surface area contributed by atoms with Crippen LogP contribution < -0.4 is 4.90 Å². The number of hydrogen-bond donors (Lipinski definition) is 0. The molecule has 3 heteroatoms. The Labute approximate surface area is 308 Å². The summed E-state index contributed by atoms with van der Waals surface area (Å²) in [6.07, 6.45) is 0. The number of para-hydroxylation sites is 1. The van der Waals surface area contributed by atoms with E-state index < -0.39 is 0 Å². The van der Waals surface area contributed by atoms with E-state index in [0.717, 1.165) is 39.0 Å². The molecule has 2 nitrogen and oxygen atoms in total. The predicted octanol–water partition coefficient (Wildman–Crippen LogP) is 14.7. The molecule has 10 rings (SSSR count). The normalized spacial score (nSPS) is 13.6. The minimum absolute atomic E-state index is 0.0941. The summed E-state index contributed by atoms with van der Waals surface area (Å²) in [5.41, 5.74) is 14.3. The molecule has 0 N–H and O–H groups in total. The van der Waals surface area contributed by atoms with E-state index in [0.29, 0.717) is 0 Å². The van der Waals surface area contributed by atoms with Crippen LogP contribution in [0.25, 0.3) is 64.4 Å². The molecule has 0 fully saturated rings. The highest BCUT2D eigenvalue weighted by molar-refractivity contribution is 7.26. The fourth-order valence-electron chi connectivity index (χ4n) is 8.40. The number of furan rings is 1. The van der Waals surface area contributed by atoms with Gasteiger partial charge in [-0.2, -0.15) is 0 Å². The zero-order valence-electron chi connectivity index (χ0n) is 30.1. The van der Waals surface area contributed by atoms with Crippen molar-refractivity contribution in [2.45, 2.75) is 45.4 Å². The molecule has 0 atom stereocenters. The maximum absolute atomic E-state index is 6.42. The fourth-order valence-corrected chi connectivity index (χ4v) is 9.64. The zero-order valence-corrected chi connectivity index (χ0v) is 30.9. The second-order valence-corrected chi connectivity index (χ2v) is 16.9. The van der Waals surface area contributed by atoms with Gasteiger partial charge in [-0.25, -0.2) is 0 Å².